The third kappa shape index (κ3) is 2.12. The molecule has 0 unspecified atom stereocenters. The normalized spacial score (nSPS) is 11.8. The molecule has 0 fully saturated rings. The second-order valence-electron chi connectivity index (χ2n) is 4.10. The molecule has 0 spiro atoms. The molecule has 0 aliphatic carbocycles. The summed E-state index contributed by atoms with van der Waals surface area (Å²) in [5.74, 6) is -0.433. The van der Waals surface area contributed by atoms with Gasteiger partial charge in [-0.3, -0.25) is 0 Å². The van der Waals surface area contributed by atoms with Crippen molar-refractivity contribution in [3.05, 3.63) is 48.0 Å². The molecule has 4 heteroatoms. The van der Waals surface area contributed by atoms with Crippen LogP contribution in [0, 0.1) is 11.9 Å². The molecule has 0 amide bonds. The number of nitrogens with zero attached hydrogens (tertiary/aromatic N) is 2. The molecule has 2 aromatic rings. The predicted molar refractivity (Wildman–Crippen MR) is 57.6 cm³/mol. The Kier molecular flexibility index (Phi) is 2.52. The number of aliphatic hydroxyl groups is 1. The van der Waals surface area contributed by atoms with Gasteiger partial charge in [-0.15, -0.1) is 0 Å². The number of halogens is 1. The van der Waals surface area contributed by atoms with Crippen LogP contribution in [0.25, 0.3) is 5.69 Å². The van der Waals surface area contributed by atoms with E-state index >= 15 is 0 Å². The van der Waals surface area contributed by atoms with Gasteiger partial charge >= 0.3 is 0 Å². The molecule has 1 radical (unpaired) electrons. The molecule has 83 valence electrons. The van der Waals surface area contributed by atoms with E-state index < -0.39 is 11.4 Å². The van der Waals surface area contributed by atoms with E-state index in [4.69, 9.17) is 0 Å². The van der Waals surface area contributed by atoms with Crippen molar-refractivity contribution < 1.29 is 9.50 Å². The molecule has 0 aliphatic rings. The maximum absolute atomic E-state index is 12.9. The highest BCUT2D eigenvalue weighted by Crippen LogP contribution is 2.18. The van der Waals surface area contributed by atoms with Crippen LogP contribution in [-0.2, 0) is 5.60 Å². The van der Waals surface area contributed by atoms with Crippen LogP contribution in [0.4, 0.5) is 4.39 Å². The van der Waals surface area contributed by atoms with E-state index in [1.54, 1.807) is 32.2 Å². The topological polar surface area (TPSA) is 38.0 Å². The standard InChI is InChI=1S/C12H12FN2O/c1-12(2,16)11-6-7-15(14-11)10-5-3-4-9(13)8-10/h3,5-8,16H,1-2H3. The molecular formula is C12H12FN2O. The minimum Gasteiger partial charge on any atom is -0.384 e. The number of hydrogen-bond acceptors (Lipinski definition) is 2. The first-order valence-corrected chi connectivity index (χ1v) is 4.93. The fraction of sp³-hybridized carbons (Fsp3) is 0.250. The molecule has 0 bridgehead atoms. The molecular weight excluding hydrogens is 207 g/mol. The van der Waals surface area contributed by atoms with Gasteiger partial charge in [0, 0.05) is 18.3 Å². The minimum atomic E-state index is -0.995. The number of rotatable bonds is 2. The zero-order chi connectivity index (χ0) is 11.8. The summed E-state index contributed by atoms with van der Waals surface area (Å²) in [7, 11) is 0. The summed E-state index contributed by atoms with van der Waals surface area (Å²) in [4.78, 5) is 0. The van der Waals surface area contributed by atoms with Gasteiger partial charge in [0.15, 0.2) is 0 Å². The Morgan fingerprint density at radius 1 is 1.44 bits per heavy atom. The molecule has 1 heterocycles. The zero-order valence-corrected chi connectivity index (χ0v) is 9.11. The van der Waals surface area contributed by atoms with Crippen molar-refractivity contribution in [2.24, 2.45) is 0 Å². The molecule has 0 saturated carbocycles. The first-order chi connectivity index (χ1) is 7.47. The Bertz CT molecular complexity index is 500. The lowest BCUT2D eigenvalue weighted by Gasteiger charge is -2.13. The van der Waals surface area contributed by atoms with Crippen molar-refractivity contribution >= 4 is 0 Å². The number of aromatic nitrogens is 2. The molecule has 0 atom stereocenters. The third-order valence-electron chi connectivity index (χ3n) is 2.23. The van der Waals surface area contributed by atoms with E-state index in [-0.39, 0.29) is 0 Å². The smallest absolute Gasteiger partial charge is 0.133 e. The van der Waals surface area contributed by atoms with Crippen LogP contribution >= 0.6 is 0 Å². The van der Waals surface area contributed by atoms with Crippen LogP contribution in [0.1, 0.15) is 19.5 Å². The molecule has 3 nitrogen and oxygen atoms in total. The molecule has 2 rings (SSSR count). The van der Waals surface area contributed by atoms with Gasteiger partial charge in [-0.25, -0.2) is 9.07 Å². The maximum Gasteiger partial charge on any atom is 0.133 e. The largest absolute Gasteiger partial charge is 0.384 e. The highest BCUT2D eigenvalue weighted by molar-refractivity contribution is 5.31. The second kappa shape index (κ2) is 3.72. The zero-order valence-electron chi connectivity index (χ0n) is 9.11. The SMILES string of the molecule is CC(C)(O)c1ccn(-c2cc[c]c(F)c2)n1. The Balaban J connectivity index is 2.39. The molecule has 1 N–H and O–H groups in total. The predicted octanol–water partition coefficient (Wildman–Crippen LogP) is 2.04. The summed E-state index contributed by atoms with van der Waals surface area (Å²) in [6.45, 7) is 3.30. The highest BCUT2D eigenvalue weighted by atomic mass is 19.1. The van der Waals surface area contributed by atoms with E-state index in [2.05, 4.69) is 11.2 Å². The lowest BCUT2D eigenvalue weighted by Crippen LogP contribution is -2.16. The van der Waals surface area contributed by atoms with E-state index in [1.165, 1.54) is 16.8 Å². The fourth-order valence-electron chi connectivity index (χ4n) is 1.36. The van der Waals surface area contributed by atoms with Crippen molar-refractivity contribution in [2.75, 3.05) is 0 Å². The lowest BCUT2D eigenvalue weighted by molar-refractivity contribution is 0.0734. The Labute approximate surface area is 93.2 Å². The van der Waals surface area contributed by atoms with Gasteiger partial charge in [-0.1, -0.05) is 0 Å². The van der Waals surface area contributed by atoms with Crippen LogP contribution in [0.5, 0.6) is 0 Å². The minimum absolute atomic E-state index is 0.433. The Morgan fingerprint density at radius 3 is 2.75 bits per heavy atom. The van der Waals surface area contributed by atoms with Crippen LogP contribution < -0.4 is 0 Å². The van der Waals surface area contributed by atoms with Crippen LogP contribution in [0.3, 0.4) is 0 Å². The summed E-state index contributed by atoms with van der Waals surface area (Å²) >= 11 is 0. The molecule has 0 aliphatic heterocycles. The molecule has 1 aromatic heterocycles. The monoisotopic (exact) mass is 219 g/mol. The van der Waals surface area contributed by atoms with Crippen LogP contribution in [-0.4, -0.2) is 14.9 Å². The summed E-state index contributed by atoms with van der Waals surface area (Å²) < 4.78 is 14.5. The van der Waals surface area contributed by atoms with Gasteiger partial charge in [-0.2, -0.15) is 5.10 Å². The number of hydrogen-bond donors (Lipinski definition) is 1. The van der Waals surface area contributed by atoms with Gasteiger partial charge < -0.3 is 5.11 Å². The van der Waals surface area contributed by atoms with Crippen LogP contribution in [0.15, 0.2) is 30.5 Å². The van der Waals surface area contributed by atoms with Crippen molar-refractivity contribution in [3.63, 3.8) is 0 Å². The Hall–Kier alpha value is -1.68. The summed E-state index contributed by atoms with van der Waals surface area (Å²) in [5.41, 5.74) is 0.150. The first-order valence-electron chi connectivity index (χ1n) is 4.93. The van der Waals surface area contributed by atoms with Gasteiger partial charge in [0.2, 0.25) is 0 Å². The van der Waals surface area contributed by atoms with Gasteiger partial charge in [0.05, 0.1) is 11.4 Å². The van der Waals surface area contributed by atoms with Crippen molar-refractivity contribution in [3.8, 4) is 5.69 Å². The van der Waals surface area contributed by atoms with Gasteiger partial charge in [0.25, 0.3) is 0 Å². The highest BCUT2D eigenvalue weighted by Gasteiger charge is 2.19. The van der Waals surface area contributed by atoms with Crippen molar-refractivity contribution in [1.82, 2.24) is 9.78 Å². The van der Waals surface area contributed by atoms with Gasteiger partial charge in [-0.05, 0) is 32.0 Å². The maximum atomic E-state index is 12.9. The van der Waals surface area contributed by atoms with E-state index in [9.17, 15) is 9.50 Å². The lowest BCUT2D eigenvalue weighted by atomic mass is 10.1. The summed E-state index contributed by atoms with van der Waals surface area (Å²) in [6, 6.07) is 8.65. The van der Waals surface area contributed by atoms with Gasteiger partial charge in [0.1, 0.15) is 11.4 Å². The Morgan fingerprint density at radius 2 is 2.19 bits per heavy atom. The first kappa shape index (κ1) is 10.8. The molecule has 0 saturated heterocycles. The average Bonchev–Trinajstić information content (AvgIpc) is 2.65. The molecule has 16 heavy (non-hydrogen) atoms. The van der Waals surface area contributed by atoms with Crippen LogP contribution in [0.2, 0.25) is 0 Å². The number of benzene rings is 1. The fourth-order valence-corrected chi connectivity index (χ4v) is 1.36. The second-order valence-corrected chi connectivity index (χ2v) is 4.10. The average molecular weight is 219 g/mol. The third-order valence-corrected chi connectivity index (χ3v) is 2.23. The van der Waals surface area contributed by atoms with Crippen molar-refractivity contribution in [2.45, 2.75) is 19.4 Å². The van der Waals surface area contributed by atoms with E-state index in [0.717, 1.165) is 0 Å². The van der Waals surface area contributed by atoms with Crippen molar-refractivity contribution in [1.29, 1.82) is 0 Å². The summed E-state index contributed by atoms with van der Waals surface area (Å²) in [6.07, 6.45) is 1.68. The summed E-state index contributed by atoms with van der Waals surface area (Å²) in [5, 5.41) is 13.9. The van der Waals surface area contributed by atoms with E-state index in [1.807, 2.05) is 0 Å². The quantitative estimate of drug-likeness (QED) is 0.839. The molecule has 1 aromatic carbocycles. The van der Waals surface area contributed by atoms with E-state index in [0.29, 0.717) is 11.4 Å².